The average Bonchev–Trinajstić information content (AvgIpc) is 2.47. The predicted octanol–water partition coefficient (Wildman–Crippen LogP) is 2.53. The van der Waals surface area contributed by atoms with Crippen molar-refractivity contribution in [1.29, 1.82) is 0 Å². The third-order valence-electron chi connectivity index (χ3n) is 3.78. The Bertz CT molecular complexity index is 453. The first-order valence-corrected chi connectivity index (χ1v) is 7.47. The fraction of sp³-hybridized carbons (Fsp3) is 0.625. The third kappa shape index (κ3) is 3.07. The van der Waals surface area contributed by atoms with Crippen LogP contribution in [0.3, 0.4) is 0 Å². The van der Waals surface area contributed by atoms with Crippen molar-refractivity contribution in [3.05, 3.63) is 23.8 Å². The van der Waals surface area contributed by atoms with Crippen LogP contribution in [-0.2, 0) is 4.74 Å². The molecule has 4 nitrogen and oxygen atoms in total. The predicted molar refractivity (Wildman–Crippen MR) is 77.4 cm³/mol. The zero-order valence-electron chi connectivity index (χ0n) is 12.2. The number of morpholine rings is 1. The van der Waals surface area contributed by atoms with Gasteiger partial charge in [0.05, 0.1) is 12.7 Å². The molecule has 0 aromatic heterocycles. The summed E-state index contributed by atoms with van der Waals surface area (Å²) in [6, 6.07) is 6.57. The van der Waals surface area contributed by atoms with Crippen LogP contribution in [0.2, 0.25) is 0 Å². The van der Waals surface area contributed by atoms with Crippen LogP contribution in [0.15, 0.2) is 18.2 Å². The molecule has 1 aromatic carbocycles. The number of hydrogen-bond acceptors (Lipinski definition) is 4. The molecule has 0 saturated carbocycles. The van der Waals surface area contributed by atoms with Crippen LogP contribution in [0.4, 0.5) is 0 Å². The molecule has 2 aliphatic rings. The molecule has 0 aliphatic carbocycles. The van der Waals surface area contributed by atoms with Crippen LogP contribution in [0.25, 0.3) is 0 Å². The Morgan fingerprint density at radius 2 is 2.00 bits per heavy atom. The Hall–Kier alpha value is -1.26. The monoisotopic (exact) mass is 277 g/mol. The van der Waals surface area contributed by atoms with Crippen molar-refractivity contribution in [2.45, 2.75) is 32.4 Å². The van der Waals surface area contributed by atoms with Crippen molar-refractivity contribution in [1.82, 2.24) is 5.32 Å². The largest absolute Gasteiger partial charge is 0.486 e. The van der Waals surface area contributed by atoms with E-state index in [0.29, 0.717) is 25.2 Å². The normalized spacial score (nSPS) is 25.8. The molecule has 2 aliphatic heterocycles. The van der Waals surface area contributed by atoms with E-state index in [9.17, 15) is 0 Å². The molecule has 20 heavy (non-hydrogen) atoms. The highest BCUT2D eigenvalue weighted by molar-refractivity contribution is 5.44. The smallest absolute Gasteiger partial charge is 0.161 e. The molecule has 4 heteroatoms. The van der Waals surface area contributed by atoms with E-state index in [0.717, 1.165) is 36.6 Å². The Balaban J connectivity index is 1.63. The van der Waals surface area contributed by atoms with E-state index in [-0.39, 0.29) is 6.10 Å². The minimum atomic E-state index is 0.106. The van der Waals surface area contributed by atoms with Gasteiger partial charge in [0, 0.05) is 12.6 Å². The minimum absolute atomic E-state index is 0.106. The van der Waals surface area contributed by atoms with Gasteiger partial charge in [-0.3, -0.25) is 0 Å². The molecule has 2 heterocycles. The van der Waals surface area contributed by atoms with Crippen molar-refractivity contribution in [3.63, 3.8) is 0 Å². The molecule has 110 valence electrons. The van der Waals surface area contributed by atoms with Gasteiger partial charge in [0.15, 0.2) is 11.5 Å². The van der Waals surface area contributed by atoms with E-state index >= 15 is 0 Å². The van der Waals surface area contributed by atoms with Crippen LogP contribution in [0.5, 0.6) is 11.5 Å². The molecule has 2 atom stereocenters. The lowest BCUT2D eigenvalue weighted by atomic mass is 10.0. The average molecular weight is 277 g/mol. The highest BCUT2D eigenvalue weighted by Crippen LogP contribution is 2.34. The number of hydrogen-bond donors (Lipinski definition) is 1. The van der Waals surface area contributed by atoms with Crippen LogP contribution in [0.1, 0.15) is 31.9 Å². The molecule has 1 fully saturated rings. The summed E-state index contributed by atoms with van der Waals surface area (Å²) in [5.74, 6) is 2.37. The molecule has 0 bridgehead atoms. The zero-order chi connectivity index (χ0) is 13.9. The third-order valence-corrected chi connectivity index (χ3v) is 3.78. The van der Waals surface area contributed by atoms with Crippen LogP contribution in [-0.4, -0.2) is 32.4 Å². The van der Waals surface area contributed by atoms with Gasteiger partial charge in [0.2, 0.25) is 0 Å². The molecule has 3 rings (SSSR count). The first kappa shape index (κ1) is 13.7. The van der Waals surface area contributed by atoms with Gasteiger partial charge < -0.3 is 19.5 Å². The van der Waals surface area contributed by atoms with Crippen molar-refractivity contribution >= 4 is 0 Å². The minimum Gasteiger partial charge on any atom is -0.486 e. The fourth-order valence-corrected chi connectivity index (χ4v) is 2.82. The molecule has 0 spiro atoms. The van der Waals surface area contributed by atoms with E-state index in [1.54, 1.807) is 0 Å². The summed E-state index contributed by atoms with van der Waals surface area (Å²) in [6.07, 6.45) is 1.27. The molecule has 0 radical (unpaired) electrons. The lowest BCUT2D eigenvalue weighted by molar-refractivity contribution is -0.00153. The van der Waals surface area contributed by atoms with Gasteiger partial charge in [-0.1, -0.05) is 19.9 Å². The van der Waals surface area contributed by atoms with Gasteiger partial charge in [-0.25, -0.2) is 0 Å². The zero-order valence-corrected chi connectivity index (χ0v) is 12.2. The molecule has 2 unspecified atom stereocenters. The molecular weight excluding hydrogens is 254 g/mol. The summed E-state index contributed by atoms with van der Waals surface area (Å²) in [5, 5.41) is 3.58. The van der Waals surface area contributed by atoms with Gasteiger partial charge in [-0.05, 0) is 30.0 Å². The maximum atomic E-state index is 6.01. The second-order valence-corrected chi connectivity index (χ2v) is 5.96. The quantitative estimate of drug-likeness (QED) is 0.921. The number of fused-ring (bicyclic) bond motifs is 1. The standard InChI is InChI=1S/C16H23NO3/c1-11(2)7-13-10-20-16(9-17-13)12-3-4-14-15(8-12)19-6-5-18-14/h3-4,8,11,13,16-17H,5-7,9-10H2,1-2H3. The highest BCUT2D eigenvalue weighted by atomic mass is 16.6. The Morgan fingerprint density at radius 3 is 2.70 bits per heavy atom. The second kappa shape index (κ2) is 6.02. The summed E-state index contributed by atoms with van der Waals surface area (Å²) in [4.78, 5) is 0. The highest BCUT2D eigenvalue weighted by Gasteiger charge is 2.24. The van der Waals surface area contributed by atoms with Crippen molar-refractivity contribution in [3.8, 4) is 11.5 Å². The molecular formula is C16H23NO3. The SMILES string of the molecule is CC(C)CC1COC(c2ccc3c(c2)OCCO3)CN1. The molecule has 0 amide bonds. The Labute approximate surface area is 120 Å². The van der Waals surface area contributed by atoms with Crippen LogP contribution >= 0.6 is 0 Å². The summed E-state index contributed by atoms with van der Waals surface area (Å²) < 4.78 is 17.2. The Morgan fingerprint density at radius 1 is 1.20 bits per heavy atom. The lowest BCUT2D eigenvalue weighted by Crippen LogP contribution is -2.43. The van der Waals surface area contributed by atoms with Gasteiger partial charge in [-0.2, -0.15) is 0 Å². The van der Waals surface area contributed by atoms with E-state index in [2.05, 4.69) is 25.2 Å². The van der Waals surface area contributed by atoms with Crippen molar-refractivity contribution < 1.29 is 14.2 Å². The van der Waals surface area contributed by atoms with Crippen molar-refractivity contribution in [2.24, 2.45) is 5.92 Å². The number of rotatable bonds is 3. The lowest BCUT2D eigenvalue weighted by Gasteiger charge is -2.32. The van der Waals surface area contributed by atoms with E-state index in [1.807, 2.05) is 12.1 Å². The summed E-state index contributed by atoms with van der Waals surface area (Å²) in [6.45, 7) is 7.37. The number of nitrogens with one attached hydrogen (secondary N) is 1. The van der Waals surface area contributed by atoms with E-state index in [1.165, 1.54) is 0 Å². The first-order chi connectivity index (χ1) is 9.72. The first-order valence-electron chi connectivity index (χ1n) is 7.47. The van der Waals surface area contributed by atoms with Gasteiger partial charge in [0.25, 0.3) is 0 Å². The van der Waals surface area contributed by atoms with Crippen LogP contribution < -0.4 is 14.8 Å². The van der Waals surface area contributed by atoms with Gasteiger partial charge in [0.1, 0.15) is 13.2 Å². The topological polar surface area (TPSA) is 39.7 Å². The maximum absolute atomic E-state index is 6.01. The van der Waals surface area contributed by atoms with Crippen molar-refractivity contribution in [2.75, 3.05) is 26.4 Å². The maximum Gasteiger partial charge on any atom is 0.161 e. The summed E-state index contributed by atoms with van der Waals surface area (Å²) >= 11 is 0. The van der Waals surface area contributed by atoms with Crippen LogP contribution in [0, 0.1) is 5.92 Å². The van der Waals surface area contributed by atoms with E-state index < -0.39 is 0 Å². The summed E-state index contributed by atoms with van der Waals surface area (Å²) in [7, 11) is 0. The van der Waals surface area contributed by atoms with Gasteiger partial charge in [-0.15, -0.1) is 0 Å². The molecule has 1 aromatic rings. The second-order valence-electron chi connectivity index (χ2n) is 5.96. The Kier molecular flexibility index (Phi) is 4.13. The molecule has 1 N–H and O–H groups in total. The molecule has 1 saturated heterocycles. The number of benzene rings is 1. The number of ether oxygens (including phenoxy) is 3. The fourth-order valence-electron chi connectivity index (χ4n) is 2.82. The summed E-state index contributed by atoms with van der Waals surface area (Å²) in [5.41, 5.74) is 1.16. The van der Waals surface area contributed by atoms with Gasteiger partial charge >= 0.3 is 0 Å². The van der Waals surface area contributed by atoms with E-state index in [4.69, 9.17) is 14.2 Å².